The highest BCUT2D eigenvalue weighted by Gasteiger charge is 2.15. The van der Waals surface area contributed by atoms with Crippen LogP contribution in [0.15, 0.2) is 6.07 Å². The van der Waals surface area contributed by atoms with Gasteiger partial charge >= 0.3 is 0 Å². The molecule has 4 heteroatoms. The van der Waals surface area contributed by atoms with Crippen molar-refractivity contribution in [2.24, 2.45) is 0 Å². The van der Waals surface area contributed by atoms with E-state index in [-0.39, 0.29) is 11.4 Å². The fraction of sp³-hybridized carbons (Fsp3) is 0.643. The molecule has 18 heavy (non-hydrogen) atoms. The Kier molecular flexibility index (Phi) is 4.07. The molecule has 0 saturated carbocycles. The number of hydrogen-bond acceptors (Lipinski definition) is 3. The maximum absolute atomic E-state index is 11.6. The lowest BCUT2D eigenvalue weighted by Crippen LogP contribution is -2.44. The third kappa shape index (κ3) is 3.82. The van der Waals surface area contributed by atoms with E-state index < -0.39 is 0 Å². The van der Waals surface area contributed by atoms with Crippen molar-refractivity contribution in [3.63, 3.8) is 0 Å². The number of aryl methyl sites for hydroxylation is 2. The number of hydrogen-bond donors (Lipinski definition) is 2. The van der Waals surface area contributed by atoms with Gasteiger partial charge in [0.15, 0.2) is 0 Å². The molecular weight excluding hydrogens is 244 g/mol. The van der Waals surface area contributed by atoms with E-state index in [9.17, 15) is 4.79 Å². The van der Waals surface area contributed by atoms with Crippen molar-refractivity contribution in [1.82, 2.24) is 10.6 Å². The van der Waals surface area contributed by atoms with Gasteiger partial charge in [0.1, 0.15) is 0 Å². The van der Waals surface area contributed by atoms with Gasteiger partial charge in [-0.15, -0.1) is 11.3 Å². The Morgan fingerprint density at radius 2 is 2.17 bits per heavy atom. The predicted molar refractivity (Wildman–Crippen MR) is 75.9 cm³/mol. The van der Waals surface area contributed by atoms with Crippen molar-refractivity contribution in [2.75, 3.05) is 6.54 Å². The van der Waals surface area contributed by atoms with Gasteiger partial charge in [0.25, 0.3) is 0 Å². The number of carbonyl (C=O) groups is 1. The average molecular weight is 266 g/mol. The lowest BCUT2D eigenvalue weighted by molar-refractivity contribution is -0.121. The molecule has 0 aliphatic heterocycles. The van der Waals surface area contributed by atoms with Gasteiger partial charge < -0.3 is 10.6 Å². The van der Waals surface area contributed by atoms with Gasteiger partial charge in [-0.3, -0.25) is 4.79 Å². The van der Waals surface area contributed by atoms with E-state index in [1.54, 1.807) is 4.88 Å². The smallest absolute Gasteiger partial charge is 0.234 e. The summed E-state index contributed by atoms with van der Waals surface area (Å²) in [6.45, 7) is 7.17. The van der Waals surface area contributed by atoms with Crippen molar-refractivity contribution >= 4 is 17.2 Å². The van der Waals surface area contributed by atoms with Gasteiger partial charge in [0.05, 0.1) is 6.54 Å². The lowest BCUT2D eigenvalue weighted by Gasteiger charge is -2.20. The van der Waals surface area contributed by atoms with Gasteiger partial charge in [-0.1, -0.05) is 0 Å². The van der Waals surface area contributed by atoms with E-state index in [4.69, 9.17) is 0 Å². The Morgan fingerprint density at radius 3 is 2.83 bits per heavy atom. The van der Waals surface area contributed by atoms with E-state index in [0.29, 0.717) is 6.54 Å². The maximum Gasteiger partial charge on any atom is 0.234 e. The molecule has 0 atom stereocenters. The zero-order chi connectivity index (χ0) is 13.2. The topological polar surface area (TPSA) is 41.1 Å². The van der Waals surface area contributed by atoms with E-state index in [2.05, 4.69) is 16.7 Å². The van der Waals surface area contributed by atoms with Crippen LogP contribution in [-0.4, -0.2) is 18.0 Å². The number of carbonyl (C=O) groups excluding carboxylic acids is 1. The molecule has 100 valence electrons. The predicted octanol–water partition coefficient (Wildman–Crippen LogP) is 2.24. The summed E-state index contributed by atoms with van der Waals surface area (Å²) in [6, 6.07) is 2.29. The van der Waals surface area contributed by atoms with Crippen molar-refractivity contribution in [3.05, 3.63) is 21.4 Å². The molecule has 3 nitrogen and oxygen atoms in total. The first-order valence-corrected chi connectivity index (χ1v) is 7.38. The fourth-order valence-corrected chi connectivity index (χ4v) is 3.47. The molecular formula is C14H22N2OS. The van der Waals surface area contributed by atoms with Gasteiger partial charge in [-0.2, -0.15) is 0 Å². The number of fused-ring (bicyclic) bond motifs is 1. The molecule has 0 fully saturated rings. The second-order valence-electron chi connectivity index (χ2n) is 5.92. The first kappa shape index (κ1) is 13.6. The third-order valence-corrected chi connectivity index (χ3v) is 4.13. The summed E-state index contributed by atoms with van der Waals surface area (Å²) < 4.78 is 0. The average Bonchev–Trinajstić information content (AvgIpc) is 2.74. The Bertz CT molecular complexity index is 410. The Morgan fingerprint density at radius 1 is 1.39 bits per heavy atom. The number of nitrogens with one attached hydrogen (secondary N) is 2. The highest BCUT2D eigenvalue weighted by Crippen LogP contribution is 2.30. The van der Waals surface area contributed by atoms with Crippen molar-refractivity contribution in [1.29, 1.82) is 0 Å². The molecule has 0 saturated heterocycles. The normalized spacial score (nSPS) is 14.6. The monoisotopic (exact) mass is 266 g/mol. The SMILES string of the molecule is CC(C)(C)NC(=O)CNCc1cc2c(s1)CCC2. The van der Waals surface area contributed by atoms with Crippen LogP contribution in [0.2, 0.25) is 0 Å². The zero-order valence-electron chi connectivity index (χ0n) is 11.4. The molecule has 0 unspecified atom stereocenters. The van der Waals surface area contributed by atoms with E-state index in [1.807, 2.05) is 32.1 Å². The van der Waals surface area contributed by atoms with Crippen LogP contribution in [0.3, 0.4) is 0 Å². The van der Waals surface area contributed by atoms with Crippen molar-refractivity contribution < 1.29 is 4.79 Å². The summed E-state index contributed by atoms with van der Waals surface area (Å²) in [5, 5.41) is 6.16. The third-order valence-electron chi connectivity index (χ3n) is 2.90. The number of amides is 1. The first-order chi connectivity index (χ1) is 8.44. The molecule has 0 spiro atoms. The molecule has 2 N–H and O–H groups in total. The largest absolute Gasteiger partial charge is 0.350 e. The van der Waals surface area contributed by atoms with Crippen LogP contribution >= 0.6 is 11.3 Å². The maximum atomic E-state index is 11.6. The standard InChI is InChI=1S/C14H22N2OS/c1-14(2,3)16-13(17)9-15-8-11-7-10-5-4-6-12(10)18-11/h7,15H,4-6,8-9H2,1-3H3,(H,16,17). The van der Waals surface area contributed by atoms with Crippen molar-refractivity contribution in [3.8, 4) is 0 Å². The van der Waals surface area contributed by atoms with E-state index in [0.717, 1.165) is 6.54 Å². The first-order valence-electron chi connectivity index (χ1n) is 6.56. The molecule has 2 rings (SSSR count). The van der Waals surface area contributed by atoms with Gasteiger partial charge in [0, 0.05) is 21.8 Å². The van der Waals surface area contributed by atoms with Crippen molar-refractivity contribution in [2.45, 2.75) is 52.1 Å². The minimum Gasteiger partial charge on any atom is -0.350 e. The van der Waals surface area contributed by atoms with Crippen LogP contribution in [0.1, 0.15) is 42.5 Å². The zero-order valence-corrected chi connectivity index (χ0v) is 12.2. The molecule has 1 aliphatic rings. The molecule has 0 bridgehead atoms. The van der Waals surface area contributed by atoms with Crippen LogP contribution in [-0.2, 0) is 24.2 Å². The highest BCUT2D eigenvalue weighted by molar-refractivity contribution is 7.12. The summed E-state index contributed by atoms with van der Waals surface area (Å²) >= 11 is 1.89. The van der Waals surface area contributed by atoms with Crippen LogP contribution in [0.5, 0.6) is 0 Å². The summed E-state index contributed by atoms with van der Waals surface area (Å²) in [7, 11) is 0. The second kappa shape index (κ2) is 5.41. The number of thiophene rings is 1. The fourth-order valence-electron chi connectivity index (χ4n) is 2.24. The van der Waals surface area contributed by atoms with E-state index >= 15 is 0 Å². The molecule has 1 heterocycles. The van der Waals surface area contributed by atoms with Gasteiger partial charge in [-0.05, 0) is 51.7 Å². The minimum absolute atomic E-state index is 0.0617. The molecule has 0 radical (unpaired) electrons. The quantitative estimate of drug-likeness (QED) is 0.877. The summed E-state index contributed by atoms with van der Waals surface area (Å²) in [4.78, 5) is 14.5. The van der Waals surface area contributed by atoms with Crippen LogP contribution in [0.25, 0.3) is 0 Å². The lowest BCUT2D eigenvalue weighted by atomic mass is 10.1. The molecule has 1 amide bonds. The highest BCUT2D eigenvalue weighted by atomic mass is 32.1. The van der Waals surface area contributed by atoms with E-state index in [1.165, 1.54) is 29.7 Å². The minimum atomic E-state index is -0.150. The van der Waals surface area contributed by atoms with Crippen LogP contribution in [0.4, 0.5) is 0 Å². The van der Waals surface area contributed by atoms with Crippen LogP contribution in [0, 0.1) is 0 Å². The summed E-state index contributed by atoms with van der Waals surface area (Å²) in [5.41, 5.74) is 1.37. The van der Waals surface area contributed by atoms with Gasteiger partial charge in [-0.25, -0.2) is 0 Å². The summed E-state index contributed by atoms with van der Waals surface area (Å²) in [5.74, 6) is 0.0617. The second-order valence-corrected chi connectivity index (χ2v) is 7.14. The Labute approximate surface area is 113 Å². The van der Waals surface area contributed by atoms with Crippen LogP contribution < -0.4 is 10.6 Å². The number of rotatable bonds is 4. The Hall–Kier alpha value is -0.870. The molecule has 1 aromatic heterocycles. The summed E-state index contributed by atoms with van der Waals surface area (Å²) in [6.07, 6.45) is 3.78. The molecule has 1 aromatic rings. The molecule has 1 aliphatic carbocycles. The van der Waals surface area contributed by atoms with Gasteiger partial charge in [0.2, 0.25) is 5.91 Å². The molecule has 0 aromatic carbocycles. The Balaban J connectivity index is 1.73.